The van der Waals surface area contributed by atoms with Crippen molar-refractivity contribution in [2.75, 3.05) is 6.61 Å². The van der Waals surface area contributed by atoms with E-state index in [1.165, 1.54) is 0 Å². The molecule has 16 heavy (non-hydrogen) atoms. The minimum Gasteiger partial charge on any atom is -0.464 e. The lowest BCUT2D eigenvalue weighted by atomic mass is 10.1. The van der Waals surface area contributed by atoms with Crippen LogP contribution in [0.5, 0.6) is 0 Å². The molecule has 0 rings (SSSR count). The summed E-state index contributed by atoms with van der Waals surface area (Å²) in [7, 11) is 0. The Kier molecular flexibility index (Phi) is 6.03. The molecule has 0 aromatic heterocycles. The number of nitrogens with one attached hydrogen (secondary N) is 1. The zero-order chi connectivity index (χ0) is 12.8. The molecule has 0 radical (unpaired) electrons. The van der Waals surface area contributed by atoms with Crippen molar-refractivity contribution < 1.29 is 14.3 Å². The first kappa shape index (κ1) is 14.9. The highest BCUT2D eigenvalue weighted by Gasteiger charge is 2.30. The third-order valence-corrected chi connectivity index (χ3v) is 2.06. The molecule has 0 heterocycles. The second-order valence-electron chi connectivity index (χ2n) is 4.41. The molecule has 5 nitrogen and oxygen atoms in total. The van der Waals surface area contributed by atoms with E-state index in [2.05, 4.69) is 5.32 Å². The zero-order valence-electron chi connectivity index (χ0n) is 10.5. The summed E-state index contributed by atoms with van der Waals surface area (Å²) in [5, 5.41) is 2.63. The molecule has 3 N–H and O–H groups in total. The molecule has 1 amide bonds. The first-order chi connectivity index (χ1) is 7.29. The number of hydrogen-bond donors (Lipinski definition) is 2. The molecule has 0 aromatic rings. The summed E-state index contributed by atoms with van der Waals surface area (Å²) in [4.78, 5) is 23.0. The first-order valence-electron chi connectivity index (χ1n) is 5.53. The van der Waals surface area contributed by atoms with Crippen LogP contribution in [-0.4, -0.2) is 30.1 Å². The van der Waals surface area contributed by atoms with Crippen LogP contribution in [0.1, 0.15) is 40.5 Å². The van der Waals surface area contributed by atoms with Crippen LogP contribution < -0.4 is 11.1 Å². The number of carbonyl (C=O) groups is 2. The van der Waals surface area contributed by atoms with E-state index in [0.717, 1.165) is 0 Å². The molecule has 1 unspecified atom stereocenters. The molecule has 0 aromatic carbocycles. The minimum atomic E-state index is -0.981. The number of ether oxygens (including phenoxy) is 1. The Bertz CT molecular complexity index is 250. The second kappa shape index (κ2) is 6.48. The van der Waals surface area contributed by atoms with Gasteiger partial charge in [-0.1, -0.05) is 0 Å². The quantitative estimate of drug-likeness (QED) is 0.654. The Morgan fingerprint density at radius 2 is 2.00 bits per heavy atom. The van der Waals surface area contributed by atoms with Gasteiger partial charge in [-0.3, -0.25) is 4.79 Å². The van der Waals surface area contributed by atoms with Gasteiger partial charge in [-0.2, -0.15) is 0 Å². The monoisotopic (exact) mass is 230 g/mol. The average Bonchev–Trinajstić information content (AvgIpc) is 2.14. The number of amides is 1. The number of nitrogens with two attached hydrogens (primary N) is 1. The fourth-order valence-electron chi connectivity index (χ4n) is 1.13. The van der Waals surface area contributed by atoms with E-state index in [4.69, 9.17) is 10.5 Å². The molecule has 0 aliphatic heterocycles. The van der Waals surface area contributed by atoms with Crippen molar-refractivity contribution in [1.29, 1.82) is 0 Å². The van der Waals surface area contributed by atoms with Gasteiger partial charge in [-0.15, -0.1) is 0 Å². The molecule has 0 bridgehead atoms. The molecule has 0 saturated heterocycles. The Hall–Kier alpha value is -1.10. The maximum atomic E-state index is 11.5. The van der Waals surface area contributed by atoms with Crippen LogP contribution in [0.25, 0.3) is 0 Å². The molecule has 0 fully saturated rings. The van der Waals surface area contributed by atoms with E-state index in [-0.39, 0.29) is 11.9 Å². The summed E-state index contributed by atoms with van der Waals surface area (Å²) in [5.74, 6) is -0.612. The smallest absolute Gasteiger partial charge is 0.331 e. The standard InChI is InChI=1S/C11H22N2O3/c1-5-16-10(15)11(3,4)13-9(14)7-6-8(2)12/h8H,5-7,12H2,1-4H3,(H,13,14). The Morgan fingerprint density at radius 1 is 1.44 bits per heavy atom. The van der Waals surface area contributed by atoms with E-state index in [0.29, 0.717) is 19.4 Å². The predicted octanol–water partition coefficient (Wildman–Crippen LogP) is 0.572. The summed E-state index contributed by atoms with van der Waals surface area (Å²) < 4.78 is 4.85. The first-order valence-corrected chi connectivity index (χ1v) is 5.53. The summed E-state index contributed by atoms with van der Waals surface area (Å²) in [6.45, 7) is 7.11. The topological polar surface area (TPSA) is 81.4 Å². The Balaban J connectivity index is 4.14. The summed E-state index contributed by atoms with van der Waals surface area (Å²) in [6, 6.07) is -0.0172. The van der Waals surface area contributed by atoms with Crippen molar-refractivity contribution in [3.63, 3.8) is 0 Å². The molecule has 5 heteroatoms. The SMILES string of the molecule is CCOC(=O)C(C)(C)NC(=O)CCC(C)N. The molecule has 0 aliphatic carbocycles. The maximum Gasteiger partial charge on any atom is 0.331 e. The molecule has 0 saturated carbocycles. The zero-order valence-corrected chi connectivity index (χ0v) is 10.5. The van der Waals surface area contributed by atoms with E-state index >= 15 is 0 Å². The van der Waals surface area contributed by atoms with E-state index in [9.17, 15) is 9.59 Å². The normalized spacial score (nSPS) is 13.1. The van der Waals surface area contributed by atoms with E-state index in [1.807, 2.05) is 6.92 Å². The van der Waals surface area contributed by atoms with Gasteiger partial charge in [0.1, 0.15) is 5.54 Å². The van der Waals surface area contributed by atoms with Gasteiger partial charge in [0.25, 0.3) is 0 Å². The Labute approximate surface area is 96.7 Å². The van der Waals surface area contributed by atoms with Crippen LogP contribution in [0, 0.1) is 0 Å². The van der Waals surface area contributed by atoms with Crippen molar-refractivity contribution in [3.8, 4) is 0 Å². The number of esters is 1. The molecule has 94 valence electrons. The molecular formula is C11H22N2O3. The highest BCUT2D eigenvalue weighted by Crippen LogP contribution is 2.06. The third kappa shape index (κ3) is 5.70. The van der Waals surface area contributed by atoms with E-state index < -0.39 is 11.5 Å². The van der Waals surface area contributed by atoms with Gasteiger partial charge in [0.15, 0.2) is 0 Å². The van der Waals surface area contributed by atoms with Crippen molar-refractivity contribution >= 4 is 11.9 Å². The highest BCUT2D eigenvalue weighted by atomic mass is 16.5. The Morgan fingerprint density at radius 3 is 2.44 bits per heavy atom. The largest absolute Gasteiger partial charge is 0.464 e. The lowest BCUT2D eigenvalue weighted by Crippen LogP contribution is -2.50. The van der Waals surface area contributed by atoms with Gasteiger partial charge in [0.05, 0.1) is 6.61 Å². The fourth-order valence-corrected chi connectivity index (χ4v) is 1.13. The molecule has 0 spiro atoms. The van der Waals surface area contributed by atoms with Crippen LogP contribution in [0.2, 0.25) is 0 Å². The van der Waals surface area contributed by atoms with Gasteiger partial charge in [-0.05, 0) is 34.1 Å². The van der Waals surface area contributed by atoms with E-state index in [1.54, 1.807) is 20.8 Å². The fraction of sp³-hybridized carbons (Fsp3) is 0.818. The van der Waals surface area contributed by atoms with Crippen LogP contribution in [0.3, 0.4) is 0 Å². The van der Waals surface area contributed by atoms with Gasteiger partial charge >= 0.3 is 5.97 Å². The number of hydrogen-bond acceptors (Lipinski definition) is 4. The van der Waals surface area contributed by atoms with Crippen molar-refractivity contribution in [2.45, 2.75) is 52.1 Å². The molecule has 1 atom stereocenters. The number of rotatable bonds is 6. The van der Waals surface area contributed by atoms with Gasteiger partial charge < -0.3 is 15.8 Å². The maximum absolute atomic E-state index is 11.5. The van der Waals surface area contributed by atoms with Gasteiger partial charge in [0, 0.05) is 12.5 Å². The van der Waals surface area contributed by atoms with Crippen LogP contribution >= 0.6 is 0 Å². The predicted molar refractivity (Wildman–Crippen MR) is 61.7 cm³/mol. The summed E-state index contributed by atoms with van der Waals surface area (Å²) in [6.07, 6.45) is 0.922. The second-order valence-corrected chi connectivity index (χ2v) is 4.41. The molecule has 0 aliphatic rings. The van der Waals surface area contributed by atoms with Crippen LogP contribution in [0.4, 0.5) is 0 Å². The van der Waals surface area contributed by atoms with Crippen molar-refractivity contribution in [3.05, 3.63) is 0 Å². The lowest BCUT2D eigenvalue weighted by Gasteiger charge is -2.23. The number of carbonyl (C=O) groups excluding carboxylic acids is 2. The van der Waals surface area contributed by atoms with Crippen LogP contribution in [0.15, 0.2) is 0 Å². The van der Waals surface area contributed by atoms with Crippen molar-refractivity contribution in [1.82, 2.24) is 5.32 Å². The third-order valence-electron chi connectivity index (χ3n) is 2.06. The van der Waals surface area contributed by atoms with Crippen molar-refractivity contribution in [2.24, 2.45) is 5.73 Å². The van der Waals surface area contributed by atoms with Gasteiger partial charge in [0.2, 0.25) is 5.91 Å². The summed E-state index contributed by atoms with van der Waals surface area (Å²) >= 11 is 0. The lowest BCUT2D eigenvalue weighted by molar-refractivity contribution is -0.151. The molecular weight excluding hydrogens is 208 g/mol. The van der Waals surface area contributed by atoms with Gasteiger partial charge in [-0.25, -0.2) is 4.79 Å². The average molecular weight is 230 g/mol. The van der Waals surface area contributed by atoms with Crippen LogP contribution in [-0.2, 0) is 14.3 Å². The minimum absolute atomic E-state index is 0.0172. The summed E-state index contributed by atoms with van der Waals surface area (Å²) in [5.41, 5.74) is 4.56. The highest BCUT2D eigenvalue weighted by molar-refractivity contribution is 5.87.